The van der Waals surface area contributed by atoms with Crippen molar-refractivity contribution in [2.45, 2.75) is 55.2 Å². The quantitative estimate of drug-likeness (QED) is 0.519. The molecule has 1 unspecified atom stereocenters. The molecule has 1 N–H and O–H groups in total. The number of aliphatic hydroxyl groups is 1. The normalized spacial score (nSPS) is 35.3. The summed E-state index contributed by atoms with van der Waals surface area (Å²) >= 11 is 1.61. The van der Waals surface area contributed by atoms with Crippen LogP contribution in [0.15, 0.2) is 24.3 Å². The molecule has 2 fully saturated rings. The molecular formula is C23H33N3O4S. The SMILES string of the molecule is CN1CC=C[C@@H]2S[C@]34C=CCN(C(C)(C)C)C(=O)C3N(CCCCO)C(=O)[C@@H]4[C@@H]2C1=O. The van der Waals surface area contributed by atoms with Crippen molar-refractivity contribution in [1.29, 1.82) is 0 Å². The van der Waals surface area contributed by atoms with Crippen LogP contribution < -0.4 is 0 Å². The van der Waals surface area contributed by atoms with Gasteiger partial charge in [0.05, 0.1) is 16.6 Å². The molecule has 31 heavy (non-hydrogen) atoms. The van der Waals surface area contributed by atoms with E-state index in [2.05, 4.69) is 12.2 Å². The molecule has 1 spiro atoms. The Labute approximate surface area is 188 Å². The van der Waals surface area contributed by atoms with Crippen molar-refractivity contribution in [2.24, 2.45) is 11.8 Å². The summed E-state index contributed by atoms with van der Waals surface area (Å²) in [5, 5.41) is 9.12. The van der Waals surface area contributed by atoms with Crippen molar-refractivity contribution in [3.63, 3.8) is 0 Å². The second-order valence-corrected chi connectivity index (χ2v) is 11.5. The van der Waals surface area contributed by atoms with Crippen LogP contribution in [0.2, 0.25) is 0 Å². The predicted molar refractivity (Wildman–Crippen MR) is 120 cm³/mol. The van der Waals surface area contributed by atoms with Gasteiger partial charge in [-0.1, -0.05) is 24.3 Å². The van der Waals surface area contributed by atoms with Crippen molar-refractivity contribution in [3.8, 4) is 0 Å². The highest BCUT2D eigenvalue weighted by Crippen LogP contribution is 2.61. The van der Waals surface area contributed by atoms with Gasteiger partial charge < -0.3 is 19.8 Å². The Morgan fingerprint density at radius 1 is 1.10 bits per heavy atom. The van der Waals surface area contributed by atoms with E-state index in [-0.39, 0.29) is 35.1 Å². The maximum Gasteiger partial charge on any atom is 0.247 e. The van der Waals surface area contributed by atoms with Gasteiger partial charge in [0, 0.05) is 44.1 Å². The molecule has 0 aromatic heterocycles. The maximum atomic E-state index is 13.9. The molecule has 0 bridgehead atoms. The summed E-state index contributed by atoms with van der Waals surface area (Å²) in [5.74, 6) is -1.20. The number of likely N-dealkylation sites (tertiary alicyclic amines) is 1. The van der Waals surface area contributed by atoms with Crippen LogP contribution in [0.5, 0.6) is 0 Å². The topological polar surface area (TPSA) is 81.2 Å². The van der Waals surface area contributed by atoms with E-state index in [1.165, 1.54) is 0 Å². The second kappa shape index (κ2) is 7.96. The Balaban J connectivity index is 1.81. The average Bonchev–Trinajstić information content (AvgIpc) is 3.00. The van der Waals surface area contributed by atoms with Gasteiger partial charge in [0.25, 0.3) is 0 Å². The molecule has 4 aliphatic heterocycles. The van der Waals surface area contributed by atoms with Gasteiger partial charge in [-0.3, -0.25) is 14.4 Å². The predicted octanol–water partition coefficient (Wildman–Crippen LogP) is 1.28. The highest BCUT2D eigenvalue weighted by Gasteiger charge is 2.71. The van der Waals surface area contributed by atoms with Gasteiger partial charge in [0.15, 0.2) is 0 Å². The van der Waals surface area contributed by atoms with Crippen LogP contribution in [-0.4, -0.2) is 92.4 Å². The fourth-order valence-electron chi connectivity index (χ4n) is 5.50. The lowest BCUT2D eigenvalue weighted by Gasteiger charge is -2.40. The summed E-state index contributed by atoms with van der Waals surface area (Å²) < 4.78 is -0.749. The van der Waals surface area contributed by atoms with E-state index < -0.39 is 22.6 Å². The van der Waals surface area contributed by atoms with Crippen LogP contribution in [0.3, 0.4) is 0 Å². The minimum Gasteiger partial charge on any atom is -0.396 e. The molecule has 2 saturated heterocycles. The van der Waals surface area contributed by atoms with Gasteiger partial charge >= 0.3 is 0 Å². The zero-order valence-electron chi connectivity index (χ0n) is 18.8. The monoisotopic (exact) mass is 447 g/mol. The first-order valence-electron chi connectivity index (χ1n) is 11.1. The van der Waals surface area contributed by atoms with Crippen molar-refractivity contribution in [2.75, 3.05) is 33.3 Å². The number of carbonyl (C=O) groups is 3. The van der Waals surface area contributed by atoms with Crippen molar-refractivity contribution in [1.82, 2.24) is 14.7 Å². The van der Waals surface area contributed by atoms with Gasteiger partial charge in [-0.15, -0.1) is 11.8 Å². The molecule has 4 aliphatic rings. The second-order valence-electron chi connectivity index (χ2n) is 9.97. The van der Waals surface area contributed by atoms with Gasteiger partial charge in [-0.05, 0) is 33.6 Å². The van der Waals surface area contributed by atoms with Crippen LogP contribution >= 0.6 is 11.8 Å². The molecule has 4 heterocycles. The van der Waals surface area contributed by atoms with E-state index in [9.17, 15) is 19.5 Å². The maximum absolute atomic E-state index is 13.9. The van der Waals surface area contributed by atoms with Gasteiger partial charge in [0.1, 0.15) is 6.04 Å². The molecule has 8 heteroatoms. The number of amides is 3. The summed E-state index contributed by atoms with van der Waals surface area (Å²) in [5.41, 5.74) is -0.381. The number of aliphatic hydroxyl groups excluding tert-OH is 1. The minimum absolute atomic E-state index is 0.0218. The number of nitrogens with zero attached hydrogens (tertiary/aromatic N) is 3. The number of rotatable bonds is 4. The molecule has 4 rings (SSSR count). The lowest BCUT2D eigenvalue weighted by atomic mass is 9.78. The summed E-state index contributed by atoms with van der Waals surface area (Å²) in [6.07, 6.45) is 9.31. The molecule has 0 radical (unpaired) electrons. The molecule has 0 aromatic rings. The third-order valence-electron chi connectivity index (χ3n) is 6.98. The molecular weight excluding hydrogens is 414 g/mol. The van der Waals surface area contributed by atoms with E-state index in [1.807, 2.05) is 37.8 Å². The third-order valence-corrected chi connectivity index (χ3v) is 8.72. The van der Waals surface area contributed by atoms with Crippen LogP contribution in [0.4, 0.5) is 0 Å². The fourth-order valence-corrected chi connectivity index (χ4v) is 7.51. The minimum atomic E-state index is -0.749. The Kier molecular flexibility index (Phi) is 5.75. The van der Waals surface area contributed by atoms with Crippen LogP contribution in [0.25, 0.3) is 0 Å². The molecule has 0 saturated carbocycles. The lowest BCUT2D eigenvalue weighted by Crippen LogP contribution is -2.57. The number of carbonyl (C=O) groups excluding carboxylic acids is 3. The number of hydrogen-bond donors (Lipinski definition) is 1. The molecule has 0 aliphatic carbocycles. The number of hydrogen-bond acceptors (Lipinski definition) is 5. The molecule has 0 aromatic carbocycles. The summed E-state index contributed by atoms with van der Waals surface area (Å²) in [6, 6.07) is -0.634. The molecule has 3 amide bonds. The van der Waals surface area contributed by atoms with E-state index >= 15 is 0 Å². The lowest BCUT2D eigenvalue weighted by molar-refractivity contribution is -0.146. The third kappa shape index (κ3) is 3.42. The van der Waals surface area contributed by atoms with E-state index in [1.54, 1.807) is 28.6 Å². The van der Waals surface area contributed by atoms with Gasteiger partial charge in [-0.25, -0.2) is 0 Å². The van der Waals surface area contributed by atoms with E-state index in [4.69, 9.17) is 0 Å². The summed E-state index contributed by atoms with van der Waals surface area (Å²) in [6.45, 7) is 7.52. The first kappa shape index (κ1) is 22.4. The van der Waals surface area contributed by atoms with Gasteiger partial charge in [0.2, 0.25) is 17.7 Å². The van der Waals surface area contributed by atoms with Crippen LogP contribution in [-0.2, 0) is 14.4 Å². The number of likely N-dealkylation sites (N-methyl/N-ethyl adjacent to an activating group) is 1. The zero-order valence-corrected chi connectivity index (χ0v) is 19.6. The number of thioether (sulfide) groups is 1. The molecule has 170 valence electrons. The standard InChI is InChI=1S/C23H33N3O4S/c1-22(2,3)26-13-8-10-23-17(16-15(31-23)9-7-11-24(4)19(16)28)20(29)25(12-5-6-14-27)18(23)21(26)30/h7-10,15-18,27H,5-6,11-14H2,1-4H3/t15-,16+,17-,18?,23-/m0/s1. The Morgan fingerprint density at radius 3 is 2.52 bits per heavy atom. The van der Waals surface area contributed by atoms with Crippen molar-refractivity contribution in [3.05, 3.63) is 24.3 Å². The van der Waals surface area contributed by atoms with Crippen molar-refractivity contribution >= 4 is 29.5 Å². The first-order chi connectivity index (χ1) is 14.6. The Hall–Kier alpha value is -1.80. The van der Waals surface area contributed by atoms with E-state index in [0.29, 0.717) is 32.5 Å². The highest BCUT2D eigenvalue weighted by molar-refractivity contribution is 8.02. The number of unbranched alkanes of at least 4 members (excludes halogenated alkanes) is 1. The fraction of sp³-hybridized carbons (Fsp3) is 0.696. The first-order valence-corrected chi connectivity index (χ1v) is 12.0. The summed E-state index contributed by atoms with van der Waals surface area (Å²) in [4.78, 5) is 46.3. The largest absolute Gasteiger partial charge is 0.396 e. The molecule has 7 nitrogen and oxygen atoms in total. The molecule has 5 atom stereocenters. The average molecular weight is 448 g/mol. The van der Waals surface area contributed by atoms with Gasteiger partial charge in [-0.2, -0.15) is 0 Å². The van der Waals surface area contributed by atoms with Crippen molar-refractivity contribution < 1.29 is 19.5 Å². The number of fused-ring (bicyclic) bond motifs is 2. The summed E-state index contributed by atoms with van der Waals surface area (Å²) in [7, 11) is 1.77. The highest BCUT2D eigenvalue weighted by atomic mass is 32.2. The van der Waals surface area contributed by atoms with Crippen LogP contribution in [0.1, 0.15) is 33.6 Å². The van der Waals surface area contributed by atoms with E-state index in [0.717, 1.165) is 0 Å². The zero-order chi connectivity index (χ0) is 22.6. The Morgan fingerprint density at radius 2 is 1.84 bits per heavy atom. The smallest absolute Gasteiger partial charge is 0.247 e. The van der Waals surface area contributed by atoms with Crippen LogP contribution in [0, 0.1) is 11.8 Å². The Bertz CT molecular complexity index is 835.